The summed E-state index contributed by atoms with van der Waals surface area (Å²) in [7, 11) is 0. The van der Waals surface area contributed by atoms with Crippen molar-refractivity contribution in [1.82, 2.24) is 10.2 Å². The summed E-state index contributed by atoms with van der Waals surface area (Å²) in [4.78, 5) is 14.2. The van der Waals surface area contributed by atoms with E-state index in [1.165, 1.54) is 0 Å². The Balaban J connectivity index is 0. The van der Waals surface area contributed by atoms with Crippen LogP contribution in [-0.2, 0) is 4.79 Å². The summed E-state index contributed by atoms with van der Waals surface area (Å²) >= 11 is 0. The maximum absolute atomic E-state index is 11.8. The monoisotopic (exact) mass is 311 g/mol. The number of carbonyl (C=O) groups is 1. The van der Waals surface area contributed by atoms with Crippen molar-refractivity contribution in [2.24, 2.45) is 11.7 Å². The summed E-state index contributed by atoms with van der Waals surface area (Å²) in [6.45, 7) is 10.5. The predicted molar refractivity (Wildman–Crippen MR) is 85.1 cm³/mol. The van der Waals surface area contributed by atoms with Gasteiger partial charge >= 0.3 is 0 Å². The van der Waals surface area contributed by atoms with E-state index in [9.17, 15) is 4.79 Å². The quantitative estimate of drug-likeness (QED) is 0.758. The van der Waals surface area contributed by atoms with Crippen molar-refractivity contribution in [2.45, 2.75) is 38.8 Å². The Bertz CT molecular complexity index is 267. The highest BCUT2D eigenvalue weighted by molar-refractivity contribution is 5.85. The number of carbonyl (C=O) groups excluding carboxylic acids is 1. The van der Waals surface area contributed by atoms with Gasteiger partial charge in [0.2, 0.25) is 5.91 Å². The number of hydrogen-bond donors (Lipinski definition) is 2. The van der Waals surface area contributed by atoms with Crippen LogP contribution in [0.2, 0.25) is 0 Å². The van der Waals surface area contributed by atoms with Gasteiger partial charge in [-0.15, -0.1) is 31.4 Å². The van der Waals surface area contributed by atoms with E-state index in [4.69, 9.17) is 5.73 Å². The number of amides is 1. The van der Waals surface area contributed by atoms with Crippen molar-refractivity contribution in [1.29, 1.82) is 0 Å². The summed E-state index contributed by atoms with van der Waals surface area (Å²) in [5, 5.41) is 3.09. The van der Waals surface area contributed by atoms with Gasteiger partial charge in [0, 0.05) is 37.6 Å². The minimum atomic E-state index is -0.110. The molecule has 2 atom stereocenters. The molecule has 0 aromatic rings. The molecule has 19 heavy (non-hydrogen) atoms. The molecule has 1 heterocycles. The van der Waals surface area contributed by atoms with Crippen molar-refractivity contribution >= 4 is 30.7 Å². The van der Waals surface area contributed by atoms with Crippen LogP contribution in [0, 0.1) is 5.92 Å². The van der Waals surface area contributed by atoms with Crippen molar-refractivity contribution in [3.63, 3.8) is 0 Å². The zero-order valence-corrected chi connectivity index (χ0v) is 13.4. The second-order valence-corrected chi connectivity index (χ2v) is 5.02. The van der Waals surface area contributed by atoms with E-state index < -0.39 is 0 Å². The number of halogens is 2. The second kappa shape index (κ2) is 10.5. The van der Waals surface area contributed by atoms with Gasteiger partial charge in [0.1, 0.15) is 0 Å². The van der Waals surface area contributed by atoms with Crippen LogP contribution in [0.3, 0.4) is 0 Å². The van der Waals surface area contributed by atoms with Gasteiger partial charge in [-0.25, -0.2) is 0 Å². The third-order valence-corrected chi connectivity index (χ3v) is 3.52. The molecule has 0 spiro atoms. The van der Waals surface area contributed by atoms with Crippen molar-refractivity contribution in [3.05, 3.63) is 12.7 Å². The SMILES string of the molecule is C=CCN1CCC(NC(=O)C(C)C(C)N)CC1.Cl.Cl. The Morgan fingerprint density at radius 1 is 1.42 bits per heavy atom. The summed E-state index contributed by atoms with van der Waals surface area (Å²) in [5.74, 6) is -0.0247. The van der Waals surface area contributed by atoms with Gasteiger partial charge in [-0.05, 0) is 19.8 Å². The standard InChI is InChI=1S/C13H25N3O.2ClH/c1-4-7-16-8-5-12(6-9-16)15-13(17)10(2)11(3)14;;/h4,10-12H,1,5-9,14H2,2-3H3,(H,15,17);2*1H. The average molecular weight is 312 g/mol. The van der Waals surface area contributed by atoms with Gasteiger partial charge in [-0.2, -0.15) is 0 Å². The molecule has 0 bridgehead atoms. The molecular formula is C13H27Cl2N3O. The Hall–Kier alpha value is -0.290. The number of hydrogen-bond acceptors (Lipinski definition) is 3. The third-order valence-electron chi connectivity index (χ3n) is 3.52. The summed E-state index contributed by atoms with van der Waals surface area (Å²) < 4.78 is 0. The van der Waals surface area contributed by atoms with E-state index >= 15 is 0 Å². The summed E-state index contributed by atoms with van der Waals surface area (Å²) in [5.41, 5.74) is 5.72. The van der Waals surface area contributed by atoms with Crippen LogP contribution < -0.4 is 11.1 Å². The molecule has 1 saturated heterocycles. The van der Waals surface area contributed by atoms with E-state index in [2.05, 4.69) is 16.8 Å². The normalized spacial score (nSPS) is 19.5. The molecule has 1 aliphatic rings. The minimum absolute atomic E-state index is 0. The van der Waals surface area contributed by atoms with Crippen LogP contribution in [-0.4, -0.2) is 42.5 Å². The van der Waals surface area contributed by atoms with E-state index in [1.54, 1.807) is 0 Å². The van der Waals surface area contributed by atoms with Gasteiger partial charge in [0.25, 0.3) is 0 Å². The van der Waals surface area contributed by atoms with Crippen LogP contribution in [0.5, 0.6) is 0 Å². The fraction of sp³-hybridized carbons (Fsp3) is 0.769. The van der Waals surface area contributed by atoms with Gasteiger partial charge < -0.3 is 11.1 Å². The Morgan fingerprint density at radius 3 is 2.37 bits per heavy atom. The molecule has 1 aliphatic heterocycles. The van der Waals surface area contributed by atoms with Crippen molar-refractivity contribution < 1.29 is 4.79 Å². The highest BCUT2D eigenvalue weighted by Gasteiger charge is 2.23. The number of nitrogens with zero attached hydrogens (tertiary/aromatic N) is 1. The average Bonchev–Trinajstić information content (AvgIpc) is 2.30. The number of likely N-dealkylation sites (tertiary alicyclic amines) is 1. The molecule has 3 N–H and O–H groups in total. The second-order valence-electron chi connectivity index (χ2n) is 5.02. The summed E-state index contributed by atoms with van der Waals surface area (Å²) in [6.07, 6.45) is 3.97. The lowest BCUT2D eigenvalue weighted by Gasteiger charge is -2.32. The lowest BCUT2D eigenvalue weighted by Crippen LogP contribution is -2.48. The minimum Gasteiger partial charge on any atom is -0.353 e. The molecule has 0 saturated carbocycles. The molecule has 6 heteroatoms. The fourth-order valence-electron chi connectivity index (χ4n) is 2.01. The topological polar surface area (TPSA) is 58.4 Å². The van der Waals surface area contributed by atoms with E-state index in [0.717, 1.165) is 32.5 Å². The van der Waals surface area contributed by atoms with E-state index in [1.807, 2.05) is 19.9 Å². The Kier molecular flexibility index (Phi) is 11.6. The van der Waals surface area contributed by atoms with Crippen LogP contribution in [0.25, 0.3) is 0 Å². The number of rotatable bonds is 5. The van der Waals surface area contributed by atoms with Crippen LogP contribution >= 0.6 is 24.8 Å². The van der Waals surface area contributed by atoms with Gasteiger partial charge in [0.15, 0.2) is 0 Å². The smallest absolute Gasteiger partial charge is 0.224 e. The van der Waals surface area contributed by atoms with Gasteiger partial charge in [0.05, 0.1) is 0 Å². The molecule has 0 aromatic heterocycles. The number of nitrogens with one attached hydrogen (secondary N) is 1. The van der Waals surface area contributed by atoms with Crippen LogP contribution in [0.15, 0.2) is 12.7 Å². The largest absolute Gasteiger partial charge is 0.353 e. The molecule has 2 unspecified atom stereocenters. The van der Waals surface area contributed by atoms with Crippen molar-refractivity contribution in [2.75, 3.05) is 19.6 Å². The zero-order chi connectivity index (χ0) is 12.8. The Labute approximate surface area is 129 Å². The molecule has 0 aromatic carbocycles. The lowest BCUT2D eigenvalue weighted by molar-refractivity contribution is -0.126. The molecule has 0 radical (unpaired) electrons. The van der Waals surface area contributed by atoms with E-state index in [-0.39, 0.29) is 42.7 Å². The third kappa shape index (κ3) is 7.16. The maximum atomic E-state index is 11.8. The maximum Gasteiger partial charge on any atom is 0.224 e. The first-order chi connectivity index (χ1) is 8.04. The molecule has 0 aliphatic carbocycles. The molecule has 1 rings (SSSR count). The van der Waals surface area contributed by atoms with Crippen LogP contribution in [0.1, 0.15) is 26.7 Å². The first-order valence-corrected chi connectivity index (χ1v) is 6.43. The predicted octanol–water partition coefficient (Wildman–Crippen LogP) is 1.58. The van der Waals surface area contributed by atoms with E-state index in [0.29, 0.717) is 6.04 Å². The van der Waals surface area contributed by atoms with Gasteiger partial charge in [-0.3, -0.25) is 9.69 Å². The van der Waals surface area contributed by atoms with Gasteiger partial charge in [-0.1, -0.05) is 13.0 Å². The highest BCUT2D eigenvalue weighted by Crippen LogP contribution is 2.11. The van der Waals surface area contributed by atoms with Crippen LogP contribution in [0.4, 0.5) is 0 Å². The Morgan fingerprint density at radius 2 is 1.95 bits per heavy atom. The number of nitrogens with two attached hydrogens (primary N) is 1. The highest BCUT2D eigenvalue weighted by atomic mass is 35.5. The lowest BCUT2D eigenvalue weighted by atomic mass is 10.0. The zero-order valence-electron chi connectivity index (χ0n) is 11.8. The first-order valence-electron chi connectivity index (χ1n) is 6.43. The molecular weight excluding hydrogens is 285 g/mol. The summed E-state index contributed by atoms with van der Waals surface area (Å²) in [6, 6.07) is 0.223. The molecule has 1 fully saturated rings. The fourth-order valence-corrected chi connectivity index (χ4v) is 2.01. The molecule has 1 amide bonds. The molecule has 4 nitrogen and oxygen atoms in total. The molecule has 114 valence electrons. The van der Waals surface area contributed by atoms with Crippen molar-refractivity contribution in [3.8, 4) is 0 Å². The first kappa shape index (κ1) is 21.0. The number of piperidine rings is 1.